The van der Waals surface area contributed by atoms with Crippen molar-refractivity contribution in [2.45, 2.75) is 12.8 Å². The molecule has 2 heterocycles. The van der Waals surface area contributed by atoms with E-state index in [0.29, 0.717) is 29.4 Å². The van der Waals surface area contributed by atoms with E-state index >= 15 is 0 Å². The molecule has 2 N–H and O–H groups in total. The molecule has 4 aromatic rings. The first-order chi connectivity index (χ1) is 13.6. The van der Waals surface area contributed by atoms with Gasteiger partial charge in [-0.3, -0.25) is 4.98 Å². The van der Waals surface area contributed by atoms with Crippen LogP contribution in [0, 0.1) is 11.3 Å². The molecule has 2 aromatic heterocycles. The van der Waals surface area contributed by atoms with Crippen molar-refractivity contribution in [2.24, 2.45) is 0 Å². The average Bonchev–Trinajstić information content (AvgIpc) is 2.72. The second kappa shape index (κ2) is 7.01. The Balaban J connectivity index is 1.61. The molecule has 0 atom stereocenters. The van der Waals surface area contributed by atoms with Crippen LogP contribution in [0.2, 0.25) is 0 Å². The summed E-state index contributed by atoms with van der Waals surface area (Å²) in [5.74, 6) is 0.211. The Bertz CT molecular complexity index is 1270. The Hall–Kier alpha value is -3.91. The van der Waals surface area contributed by atoms with Crippen molar-refractivity contribution in [3.05, 3.63) is 83.7 Å². The molecule has 0 unspecified atom stereocenters. The first kappa shape index (κ1) is 17.5. The van der Waals surface area contributed by atoms with Crippen LogP contribution >= 0.6 is 0 Å². The van der Waals surface area contributed by atoms with Gasteiger partial charge in [0, 0.05) is 28.1 Å². The zero-order valence-corrected chi connectivity index (χ0v) is 15.1. The summed E-state index contributed by atoms with van der Waals surface area (Å²) >= 11 is 0. The maximum absolute atomic E-state index is 10.6. The summed E-state index contributed by atoms with van der Waals surface area (Å²) in [4.78, 5) is 8.45. The van der Waals surface area contributed by atoms with Crippen LogP contribution in [-0.2, 0) is 12.8 Å². The maximum Gasteiger partial charge on any atom is 0.145 e. The molecular weight excluding hydrogens is 350 g/mol. The number of benzene rings is 2. The second-order valence-corrected chi connectivity index (χ2v) is 6.71. The third-order valence-corrected chi connectivity index (χ3v) is 4.75. The summed E-state index contributed by atoms with van der Waals surface area (Å²) in [6.07, 6.45) is 2.54. The van der Waals surface area contributed by atoms with Crippen LogP contribution in [0.3, 0.4) is 0 Å². The molecular formula is C23H17N3O2. The number of aromatic nitrogens is 2. The number of hydrogen-bond acceptors (Lipinski definition) is 5. The average molecular weight is 367 g/mol. The van der Waals surface area contributed by atoms with Gasteiger partial charge in [-0.25, -0.2) is 4.98 Å². The van der Waals surface area contributed by atoms with Crippen LogP contribution in [0.15, 0.2) is 66.9 Å². The van der Waals surface area contributed by atoms with Crippen molar-refractivity contribution in [1.82, 2.24) is 9.97 Å². The molecule has 136 valence electrons. The van der Waals surface area contributed by atoms with Gasteiger partial charge in [-0.05, 0) is 31.0 Å². The number of pyridine rings is 2. The topological polar surface area (TPSA) is 90.0 Å². The van der Waals surface area contributed by atoms with Gasteiger partial charge in [-0.1, -0.05) is 42.5 Å². The largest absolute Gasteiger partial charge is 0.505 e. The van der Waals surface area contributed by atoms with Gasteiger partial charge in [0.2, 0.25) is 0 Å². The SMILES string of the molecule is C=C(Cc1ccc2cccnc2c1O)Cc1ccc2ccc(C#N)nc2c1O. The number of rotatable bonds is 4. The van der Waals surface area contributed by atoms with E-state index in [-0.39, 0.29) is 17.2 Å². The number of fused-ring (bicyclic) bond motifs is 2. The van der Waals surface area contributed by atoms with Gasteiger partial charge in [0.1, 0.15) is 34.3 Å². The van der Waals surface area contributed by atoms with E-state index < -0.39 is 0 Å². The maximum atomic E-state index is 10.6. The summed E-state index contributed by atoms with van der Waals surface area (Å²) in [5.41, 5.74) is 3.47. The minimum absolute atomic E-state index is 0.0557. The monoisotopic (exact) mass is 367 g/mol. The molecule has 0 fully saturated rings. The molecule has 28 heavy (non-hydrogen) atoms. The fourth-order valence-corrected chi connectivity index (χ4v) is 3.34. The lowest BCUT2D eigenvalue weighted by Crippen LogP contribution is -1.97. The molecule has 5 heteroatoms. The zero-order chi connectivity index (χ0) is 19.7. The number of nitriles is 1. The van der Waals surface area contributed by atoms with Crippen LogP contribution in [0.1, 0.15) is 16.8 Å². The van der Waals surface area contributed by atoms with Gasteiger partial charge in [0.05, 0.1) is 0 Å². The lowest BCUT2D eigenvalue weighted by Gasteiger charge is -2.12. The molecule has 0 aliphatic heterocycles. The predicted molar refractivity (Wildman–Crippen MR) is 108 cm³/mol. The summed E-state index contributed by atoms with van der Waals surface area (Å²) in [6.45, 7) is 4.11. The number of phenols is 2. The standard InChI is InChI=1S/C23H17N3O2/c1-14(11-17-6-4-15-3-2-10-25-20(15)22(17)27)12-18-7-5-16-8-9-19(13-24)26-21(16)23(18)28/h2-10,27-28H,1,11-12H2. The fraction of sp³-hybridized carbons (Fsp3) is 0.0870. The number of nitrogens with zero attached hydrogens (tertiary/aromatic N) is 3. The van der Waals surface area contributed by atoms with Crippen molar-refractivity contribution in [2.75, 3.05) is 0 Å². The van der Waals surface area contributed by atoms with Gasteiger partial charge >= 0.3 is 0 Å². The summed E-state index contributed by atoms with van der Waals surface area (Å²) in [5, 5.41) is 31.8. The first-order valence-electron chi connectivity index (χ1n) is 8.80. The minimum Gasteiger partial charge on any atom is -0.505 e. The number of allylic oxidation sites excluding steroid dienone is 1. The third-order valence-electron chi connectivity index (χ3n) is 4.75. The van der Waals surface area contributed by atoms with Crippen molar-refractivity contribution < 1.29 is 10.2 Å². The van der Waals surface area contributed by atoms with Crippen LogP contribution in [-0.4, -0.2) is 20.2 Å². The van der Waals surface area contributed by atoms with Crippen LogP contribution in [0.5, 0.6) is 11.5 Å². The highest BCUT2D eigenvalue weighted by molar-refractivity contribution is 5.86. The van der Waals surface area contributed by atoms with E-state index in [9.17, 15) is 10.2 Å². The minimum atomic E-state index is 0.0557. The van der Waals surface area contributed by atoms with Gasteiger partial charge in [0.15, 0.2) is 0 Å². The van der Waals surface area contributed by atoms with Crippen LogP contribution in [0.25, 0.3) is 21.8 Å². The molecule has 0 radical (unpaired) electrons. The molecule has 0 saturated heterocycles. The summed E-state index contributed by atoms with van der Waals surface area (Å²) < 4.78 is 0. The predicted octanol–water partition coefficient (Wildman–Crippen LogP) is 4.41. The lowest BCUT2D eigenvalue weighted by molar-refractivity contribution is 0.473. The molecule has 0 amide bonds. The lowest BCUT2D eigenvalue weighted by atomic mass is 9.96. The van der Waals surface area contributed by atoms with Crippen molar-refractivity contribution in [3.8, 4) is 17.6 Å². The molecule has 0 bridgehead atoms. The van der Waals surface area contributed by atoms with E-state index in [1.807, 2.05) is 42.5 Å². The van der Waals surface area contributed by atoms with Gasteiger partial charge < -0.3 is 10.2 Å². The Morgan fingerprint density at radius 3 is 2.18 bits per heavy atom. The quantitative estimate of drug-likeness (QED) is 0.522. The Morgan fingerprint density at radius 2 is 1.50 bits per heavy atom. The first-order valence-corrected chi connectivity index (χ1v) is 8.80. The van der Waals surface area contributed by atoms with E-state index in [2.05, 4.69) is 16.5 Å². The second-order valence-electron chi connectivity index (χ2n) is 6.71. The molecule has 2 aromatic carbocycles. The highest BCUT2D eigenvalue weighted by atomic mass is 16.3. The third kappa shape index (κ3) is 3.12. The Kier molecular flexibility index (Phi) is 4.38. The molecule has 4 rings (SSSR count). The smallest absolute Gasteiger partial charge is 0.145 e. The number of aromatic hydroxyl groups is 2. The number of hydrogen-bond donors (Lipinski definition) is 2. The zero-order valence-electron chi connectivity index (χ0n) is 15.1. The molecule has 0 aliphatic carbocycles. The normalized spacial score (nSPS) is 10.8. The molecule has 0 spiro atoms. The highest BCUT2D eigenvalue weighted by Gasteiger charge is 2.13. The number of phenolic OH excluding ortho intramolecular Hbond substituents is 2. The highest BCUT2D eigenvalue weighted by Crippen LogP contribution is 2.32. The fourth-order valence-electron chi connectivity index (χ4n) is 3.34. The molecule has 0 aliphatic rings. The molecule has 5 nitrogen and oxygen atoms in total. The van der Waals surface area contributed by atoms with Gasteiger partial charge in [-0.15, -0.1) is 0 Å². The Labute approximate surface area is 161 Å². The van der Waals surface area contributed by atoms with E-state index in [4.69, 9.17) is 5.26 Å². The van der Waals surface area contributed by atoms with Gasteiger partial charge in [0.25, 0.3) is 0 Å². The summed E-state index contributed by atoms with van der Waals surface area (Å²) in [7, 11) is 0. The molecule has 0 saturated carbocycles. The van der Waals surface area contributed by atoms with Crippen LogP contribution in [0.4, 0.5) is 0 Å². The van der Waals surface area contributed by atoms with Crippen molar-refractivity contribution >= 4 is 21.8 Å². The van der Waals surface area contributed by atoms with Crippen molar-refractivity contribution in [1.29, 1.82) is 5.26 Å². The van der Waals surface area contributed by atoms with E-state index in [0.717, 1.165) is 21.9 Å². The Morgan fingerprint density at radius 1 is 0.893 bits per heavy atom. The van der Waals surface area contributed by atoms with E-state index in [1.165, 1.54) is 0 Å². The van der Waals surface area contributed by atoms with Crippen LogP contribution < -0.4 is 0 Å². The van der Waals surface area contributed by atoms with E-state index in [1.54, 1.807) is 18.3 Å². The van der Waals surface area contributed by atoms with Crippen molar-refractivity contribution in [3.63, 3.8) is 0 Å². The van der Waals surface area contributed by atoms with Gasteiger partial charge in [-0.2, -0.15) is 5.26 Å². The summed E-state index contributed by atoms with van der Waals surface area (Å²) in [6, 6.07) is 16.6.